The van der Waals surface area contributed by atoms with E-state index in [1.807, 2.05) is 24.3 Å². The topological polar surface area (TPSA) is 48.2 Å². The molecule has 2 aromatic heterocycles. The molecule has 0 N–H and O–H groups in total. The van der Waals surface area contributed by atoms with Gasteiger partial charge in [0.15, 0.2) is 0 Å². The van der Waals surface area contributed by atoms with Crippen LogP contribution in [0.15, 0.2) is 28.7 Å². The monoisotopic (exact) mass is 306 g/mol. The van der Waals surface area contributed by atoms with E-state index in [2.05, 4.69) is 10.2 Å². The van der Waals surface area contributed by atoms with Gasteiger partial charge in [-0.2, -0.15) is 0 Å². The quantitative estimate of drug-likeness (QED) is 0.701. The third-order valence-electron chi connectivity index (χ3n) is 3.37. The highest BCUT2D eigenvalue weighted by Crippen LogP contribution is 2.42. The van der Waals surface area contributed by atoms with Crippen molar-refractivity contribution in [2.45, 2.75) is 18.9 Å². The zero-order valence-corrected chi connectivity index (χ0v) is 12.1. The van der Waals surface area contributed by atoms with Crippen LogP contribution in [0.2, 0.25) is 5.02 Å². The predicted octanol–water partition coefficient (Wildman–Crippen LogP) is 4.46. The van der Waals surface area contributed by atoms with Gasteiger partial charge in [-0.1, -0.05) is 29.8 Å². The van der Waals surface area contributed by atoms with Crippen LogP contribution in [-0.2, 0) is 4.74 Å². The molecule has 0 amide bonds. The number of nitrogens with zero attached hydrogens (tertiary/aromatic N) is 2. The highest BCUT2D eigenvalue weighted by atomic mass is 35.5. The summed E-state index contributed by atoms with van der Waals surface area (Å²) >= 11 is 7.98. The van der Waals surface area contributed by atoms with Gasteiger partial charge in [0.2, 0.25) is 5.89 Å². The van der Waals surface area contributed by atoms with E-state index in [0.29, 0.717) is 16.8 Å². The normalized spacial score (nSPS) is 18.9. The molecule has 0 spiro atoms. The van der Waals surface area contributed by atoms with E-state index in [-0.39, 0.29) is 6.10 Å². The molecule has 1 saturated heterocycles. The van der Waals surface area contributed by atoms with Crippen LogP contribution >= 0.6 is 22.9 Å². The van der Waals surface area contributed by atoms with Crippen molar-refractivity contribution < 1.29 is 9.15 Å². The van der Waals surface area contributed by atoms with Crippen LogP contribution in [0.5, 0.6) is 0 Å². The Balaban J connectivity index is 1.77. The summed E-state index contributed by atoms with van der Waals surface area (Å²) in [5.41, 5.74) is 0. The standard InChI is InChI=1S/C14H11ClN2O2S/c15-11-8-4-1-2-6-10(8)20-12(11)14-17-16-13(19-14)9-5-3-7-18-9/h1-2,4,6,9H,3,5,7H2. The lowest BCUT2D eigenvalue weighted by Crippen LogP contribution is -1.95. The third-order valence-corrected chi connectivity index (χ3v) is 5.04. The zero-order valence-electron chi connectivity index (χ0n) is 10.5. The van der Waals surface area contributed by atoms with E-state index in [4.69, 9.17) is 20.8 Å². The van der Waals surface area contributed by atoms with Crippen LogP contribution in [-0.4, -0.2) is 16.8 Å². The molecule has 4 rings (SSSR count). The molecule has 1 fully saturated rings. The Hall–Kier alpha value is -1.43. The number of aromatic nitrogens is 2. The Morgan fingerprint density at radius 1 is 1.25 bits per heavy atom. The SMILES string of the molecule is Clc1c(-c2nnc(C3CCCO3)o2)sc2ccccc12. The van der Waals surface area contributed by atoms with E-state index in [9.17, 15) is 0 Å². The second-order valence-corrected chi connectivity index (χ2v) is 6.12. The highest BCUT2D eigenvalue weighted by Gasteiger charge is 2.25. The minimum Gasteiger partial charge on any atom is -0.417 e. The number of hydrogen-bond donors (Lipinski definition) is 0. The molecule has 1 aliphatic rings. The summed E-state index contributed by atoms with van der Waals surface area (Å²) in [6.07, 6.45) is 1.90. The Labute approximate surface area is 124 Å². The maximum Gasteiger partial charge on any atom is 0.259 e. The van der Waals surface area contributed by atoms with E-state index >= 15 is 0 Å². The van der Waals surface area contributed by atoms with Crippen molar-refractivity contribution in [2.75, 3.05) is 6.61 Å². The Bertz CT molecular complexity index is 761. The van der Waals surface area contributed by atoms with Crippen molar-refractivity contribution in [2.24, 2.45) is 0 Å². The Morgan fingerprint density at radius 3 is 2.95 bits per heavy atom. The van der Waals surface area contributed by atoms with Crippen molar-refractivity contribution in [3.63, 3.8) is 0 Å². The van der Waals surface area contributed by atoms with Crippen molar-refractivity contribution >= 4 is 33.0 Å². The lowest BCUT2D eigenvalue weighted by molar-refractivity contribution is 0.0896. The summed E-state index contributed by atoms with van der Waals surface area (Å²) in [7, 11) is 0. The van der Waals surface area contributed by atoms with Gasteiger partial charge in [-0.05, 0) is 18.9 Å². The summed E-state index contributed by atoms with van der Waals surface area (Å²) in [4.78, 5) is 0.824. The first-order valence-electron chi connectivity index (χ1n) is 6.45. The first kappa shape index (κ1) is 12.3. The van der Waals surface area contributed by atoms with Crippen molar-refractivity contribution in [1.82, 2.24) is 10.2 Å². The number of benzene rings is 1. The average molecular weight is 307 g/mol. The molecule has 1 unspecified atom stereocenters. The summed E-state index contributed by atoms with van der Waals surface area (Å²) in [5.74, 6) is 1.02. The van der Waals surface area contributed by atoms with E-state index in [1.54, 1.807) is 11.3 Å². The van der Waals surface area contributed by atoms with Gasteiger partial charge < -0.3 is 9.15 Å². The smallest absolute Gasteiger partial charge is 0.259 e. The van der Waals surface area contributed by atoms with Crippen LogP contribution in [0.1, 0.15) is 24.8 Å². The first-order chi connectivity index (χ1) is 9.83. The molecule has 6 heteroatoms. The van der Waals surface area contributed by atoms with E-state index in [0.717, 1.165) is 34.4 Å². The lowest BCUT2D eigenvalue weighted by atomic mass is 10.2. The number of fused-ring (bicyclic) bond motifs is 1. The van der Waals surface area contributed by atoms with Gasteiger partial charge in [0, 0.05) is 16.7 Å². The van der Waals surface area contributed by atoms with Crippen LogP contribution in [0.4, 0.5) is 0 Å². The maximum atomic E-state index is 6.41. The summed E-state index contributed by atoms with van der Waals surface area (Å²) in [5, 5.41) is 9.90. The largest absolute Gasteiger partial charge is 0.417 e. The Kier molecular flexibility index (Phi) is 2.98. The number of ether oxygens (including phenoxy) is 1. The van der Waals surface area contributed by atoms with Crippen LogP contribution < -0.4 is 0 Å². The van der Waals surface area contributed by atoms with Crippen LogP contribution in [0.3, 0.4) is 0 Å². The number of thiophene rings is 1. The molecular weight excluding hydrogens is 296 g/mol. The summed E-state index contributed by atoms with van der Waals surface area (Å²) < 4.78 is 12.4. The average Bonchev–Trinajstić information content (AvgIpc) is 3.17. The number of hydrogen-bond acceptors (Lipinski definition) is 5. The van der Waals surface area contributed by atoms with Gasteiger partial charge in [-0.3, -0.25) is 0 Å². The van der Waals surface area contributed by atoms with Gasteiger partial charge >= 0.3 is 0 Å². The van der Waals surface area contributed by atoms with E-state index < -0.39 is 0 Å². The molecule has 0 saturated carbocycles. The first-order valence-corrected chi connectivity index (χ1v) is 7.65. The molecule has 0 radical (unpaired) electrons. The molecule has 0 aliphatic carbocycles. The molecule has 20 heavy (non-hydrogen) atoms. The fourth-order valence-electron chi connectivity index (χ4n) is 2.38. The molecule has 1 aliphatic heterocycles. The number of halogens is 1. The molecule has 1 atom stereocenters. The minimum atomic E-state index is -0.0654. The molecule has 1 aromatic carbocycles. The molecular formula is C14H11ClN2O2S. The Morgan fingerprint density at radius 2 is 2.15 bits per heavy atom. The van der Waals surface area contributed by atoms with Gasteiger partial charge in [0.1, 0.15) is 11.0 Å². The maximum absolute atomic E-state index is 6.41. The molecule has 3 heterocycles. The van der Waals surface area contributed by atoms with Crippen LogP contribution in [0.25, 0.3) is 20.9 Å². The lowest BCUT2D eigenvalue weighted by Gasteiger charge is -2.01. The minimum absolute atomic E-state index is 0.0654. The highest BCUT2D eigenvalue weighted by molar-refractivity contribution is 7.23. The third kappa shape index (κ3) is 1.93. The fourth-order valence-corrected chi connectivity index (χ4v) is 3.81. The second-order valence-electron chi connectivity index (χ2n) is 4.69. The molecule has 102 valence electrons. The predicted molar refractivity (Wildman–Crippen MR) is 78.1 cm³/mol. The van der Waals surface area contributed by atoms with Crippen molar-refractivity contribution in [3.8, 4) is 10.8 Å². The zero-order chi connectivity index (χ0) is 13.5. The fraction of sp³-hybridized carbons (Fsp3) is 0.286. The summed E-state index contributed by atoms with van der Waals surface area (Å²) in [6.45, 7) is 0.756. The molecule has 3 aromatic rings. The van der Waals surface area contributed by atoms with Crippen molar-refractivity contribution in [1.29, 1.82) is 0 Å². The van der Waals surface area contributed by atoms with Gasteiger partial charge in [0.25, 0.3) is 5.89 Å². The molecule has 4 nitrogen and oxygen atoms in total. The van der Waals surface area contributed by atoms with Gasteiger partial charge in [0.05, 0.1) is 5.02 Å². The second kappa shape index (κ2) is 4.84. The molecule has 0 bridgehead atoms. The van der Waals surface area contributed by atoms with Crippen molar-refractivity contribution in [3.05, 3.63) is 35.2 Å². The van der Waals surface area contributed by atoms with Gasteiger partial charge in [-0.15, -0.1) is 21.5 Å². The van der Waals surface area contributed by atoms with E-state index in [1.165, 1.54) is 0 Å². The number of rotatable bonds is 2. The van der Waals surface area contributed by atoms with Gasteiger partial charge in [-0.25, -0.2) is 0 Å². The van der Waals surface area contributed by atoms with Crippen LogP contribution in [0, 0.1) is 0 Å². The summed E-state index contributed by atoms with van der Waals surface area (Å²) in [6, 6.07) is 7.99.